The van der Waals surface area contributed by atoms with Gasteiger partial charge in [0.1, 0.15) is 12.3 Å². The number of nitrogens with zero attached hydrogens (tertiary/aromatic N) is 1. The van der Waals surface area contributed by atoms with Gasteiger partial charge in [0.05, 0.1) is 18.1 Å². The van der Waals surface area contributed by atoms with Crippen LogP contribution in [0, 0.1) is 20.8 Å². The number of fused-ring (bicyclic) bond motifs is 1. The maximum atomic E-state index is 12.9. The van der Waals surface area contributed by atoms with Crippen molar-refractivity contribution in [1.82, 2.24) is 4.31 Å². The number of hydrogen-bond donors (Lipinski definition) is 0. The zero-order chi connectivity index (χ0) is 21.2. The predicted octanol–water partition coefficient (Wildman–Crippen LogP) is 3.00. The van der Waals surface area contributed by atoms with Crippen LogP contribution in [0.1, 0.15) is 23.1 Å². The van der Waals surface area contributed by atoms with E-state index in [1.807, 2.05) is 32.9 Å². The van der Waals surface area contributed by atoms with Crippen molar-refractivity contribution >= 4 is 16.0 Å². The fourth-order valence-electron chi connectivity index (χ4n) is 2.98. The number of ether oxygens (including phenoxy) is 3. The van der Waals surface area contributed by atoms with Gasteiger partial charge >= 0.3 is 5.97 Å². The summed E-state index contributed by atoms with van der Waals surface area (Å²) in [4.78, 5) is 12.4. The Kier molecular flexibility index (Phi) is 6.14. The van der Waals surface area contributed by atoms with Gasteiger partial charge in [0.25, 0.3) is 0 Å². The van der Waals surface area contributed by atoms with Gasteiger partial charge in [-0.3, -0.25) is 4.79 Å². The first-order valence-corrected chi connectivity index (χ1v) is 10.8. The molecule has 0 saturated carbocycles. The molecule has 7 nitrogen and oxygen atoms in total. The summed E-state index contributed by atoms with van der Waals surface area (Å²) >= 11 is 0. The molecule has 0 bridgehead atoms. The van der Waals surface area contributed by atoms with Gasteiger partial charge in [0.2, 0.25) is 10.0 Å². The van der Waals surface area contributed by atoms with Crippen molar-refractivity contribution in [2.24, 2.45) is 0 Å². The molecule has 156 valence electrons. The molecule has 2 aromatic rings. The van der Waals surface area contributed by atoms with E-state index in [0.717, 1.165) is 27.4 Å². The van der Waals surface area contributed by atoms with Crippen LogP contribution in [0.5, 0.6) is 17.2 Å². The van der Waals surface area contributed by atoms with Crippen molar-refractivity contribution in [2.75, 3.05) is 26.8 Å². The van der Waals surface area contributed by atoms with Crippen LogP contribution in [0.2, 0.25) is 0 Å². The fourth-order valence-corrected chi connectivity index (χ4v) is 4.11. The van der Waals surface area contributed by atoms with Gasteiger partial charge in [-0.25, -0.2) is 8.42 Å². The number of rotatable bonds is 5. The van der Waals surface area contributed by atoms with Crippen LogP contribution < -0.4 is 14.2 Å². The third-order valence-corrected chi connectivity index (χ3v) is 6.67. The Labute approximate surface area is 171 Å². The fraction of sp³-hybridized carbons (Fsp3) is 0.381. The zero-order valence-electron chi connectivity index (χ0n) is 17.0. The number of carbonyl (C=O) groups excluding carboxylic acids is 1. The normalized spacial score (nSPS) is 13.8. The summed E-state index contributed by atoms with van der Waals surface area (Å²) in [6, 6.07) is 8.25. The third kappa shape index (κ3) is 4.54. The van der Waals surface area contributed by atoms with Gasteiger partial charge in [-0.1, -0.05) is 12.1 Å². The molecule has 2 aromatic carbocycles. The molecular formula is C21H25NO6S. The Morgan fingerprint density at radius 3 is 2.41 bits per heavy atom. The molecule has 8 heteroatoms. The second kappa shape index (κ2) is 8.42. The molecule has 0 radical (unpaired) electrons. The van der Waals surface area contributed by atoms with Gasteiger partial charge in [-0.15, -0.1) is 0 Å². The second-order valence-corrected chi connectivity index (χ2v) is 9.09. The third-order valence-electron chi connectivity index (χ3n) is 4.87. The molecule has 0 atom stereocenters. The Morgan fingerprint density at radius 1 is 1.03 bits per heavy atom. The summed E-state index contributed by atoms with van der Waals surface area (Å²) in [5, 5.41) is 0. The van der Waals surface area contributed by atoms with Gasteiger partial charge in [-0.05, 0) is 49.6 Å². The summed E-state index contributed by atoms with van der Waals surface area (Å²) in [5.74, 6) is 0.707. The lowest BCUT2D eigenvalue weighted by Gasteiger charge is -2.18. The van der Waals surface area contributed by atoms with Gasteiger partial charge < -0.3 is 14.2 Å². The van der Waals surface area contributed by atoms with Gasteiger partial charge in [0.15, 0.2) is 11.5 Å². The van der Waals surface area contributed by atoms with E-state index in [4.69, 9.17) is 14.2 Å². The first kappa shape index (κ1) is 21.1. The number of esters is 1. The highest BCUT2D eigenvalue weighted by Gasteiger charge is 2.26. The van der Waals surface area contributed by atoms with E-state index in [9.17, 15) is 13.2 Å². The van der Waals surface area contributed by atoms with E-state index in [2.05, 4.69) is 0 Å². The standard InChI is InChI=1S/C21H25NO6S/c1-14-6-7-15(2)21(16(14)3)28-20(23)13-22(4)29(24,25)17-8-9-18-19(12-17)27-11-5-10-26-18/h6-9,12H,5,10-11,13H2,1-4H3. The SMILES string of the molecule is Cc1ccc(C)c(OC(=O)CN(C)S(=O)(=O)c2ccc3c(c2)OCCCO3)c1C. The van der Waals surface area contributed by atoms with Crippen molar-refractivity contribution in [1.29, 1.82) is 0 Å². The molecule has 1 aliphatic heterocycles. The van der Waals surface area contributed by atoms with Crippen molar-refractivity contribution in [3.63, 3.8) is 0 Å². The average molecular weight is 419 g/mol. The number of benzene rings is 2. The molecule has 0 saturated heterocycles. The first-order valence-electron chi connectivity index (χ1n) is 9.33. The molecule has 0 amide bonds. The van der Waals surface area contributed by atoms with Crippen LogP contribution >= 0.6 is 0 Å². The van der Waals surface area contributed by atoms with Crippen LogP contribution in [-0.4, -0.2) is 45.5 Å². The lowest BCUT2D eigenvalue weighted by Crippen LogP contribution is -2.34. The summed E-state index contributed by atoms with van der Waals surface area (Å²) in [6.07, 6.45) is 0.723. The summed E-state index contributed by atoms with van der Waals surface area (Å²) < 4.78 is 43.3. The maximum absolute atomic E-state index is 12.9. The minimum Gasteiger partial charge on any atom is -0.490 e. The average Bonchev–Trinajstić information content (AvgIpc) is 2.93. The molecule has 0 aromatic heterocycles. The lowest BCUT2D eigenvalue weighted by molar-refractivity contribution is -0.134. The minimum atomic E-state index is -3.90. The van der Waals surface area contributed by atoms with E-state index < -0.39 is 22.5 Å². The van der Waals surface area contributed by atoms with E-state index in [0.29, 0.717) is 30.5 Å². The van der Waals surface area contributed by atoms with E-state index in [1.165, 1.54) is 19.2 Å². The molecule has 1 aliphatic rings. The largest absolute Gasteiger partial charge is 0.490 e. The molecule has 3 rings (SSSR count). The molecular weight excluding hydrogens is 394 g/mol. The number of carbonyl (C=O) groups is 1. The molecule has 0 unspecified atom stereocenters. The van der Waals surface area contributed by atoms with E-state index in [-0.39, 0.29) is 4.90 Å². The van der Waals surface area contributed by atoms with Crippen LogP contribution in [0.3, 0.4) is 0 Å². The maximum Gasteiger partial charge on any atom is 0.326 e. The molecule has 0 N–H and O–H groups in total. The van der Waals surface area contributed by atoms with Crippen LogP contribution in [0.25, 0.3) is 0 Å². The monoisotopic (exact) mass is 419 g/mol. The Morgan fingerprint density at radius 2 is 1.69 bits per heavy atom. The molecule has 0 spiro atoms. The highest BCUT2D eigenvalue weighted by atomic mass is 32.2. The predicted molar refractivity (Wildman–Crippen MR) is 108 cm³/mol. The van der Waals surface area contributed by atoms with Gasteiger partial charge in [0, 0.05) is 19.5 Å². The summed E-state index contributed by atoms with van der Waals surface area (Å²) in [6.45, 7) is 6.18. The zero-order valence-corrected chi connectivity index (χ0v) is 17.8. The number of likely N-dealkylation sites (N-methyl/N-ethyl adjacent to an activating group) is 1. The topological polar surface area (TPSA) is 82.1 Å². The minimum absolute atomic E-state index is 0.0277. The van der Waals surface area contributed by atoms with Crippen LogP contribution in [-0.2, 0) is 14.8 Å². The molecule has 0 fully saturated rings. The number of sulfonamides is 1. The Hall–Kier alpha value is -2.58. The van der Waals surface area contributed by atoms with E-state index >= 15 is 0 Å². The summed E-state index contributed by atoms with van der Waals surface area (Å²) in [7, 11) is -2.56. The Balaban J connectivity index is 1.76. The lowest BCUT2D eigenvalue weighted by atomic mass is 10.1. The summed E-state index contributed by atoms with van der Waals surface area (Å²) in [5.41, 5.74) is 2.66. The highest BCUT2D eigenvalue weighted by molar-refractivity contribution is 7.89. The van der Waals surface area contributed by atoms with Crippen molar-refractivity contribution < 1.29 is 27.4 Å². The van der Waals surface area contributed by atoms with Crippen molar-refractivity contribution in [2.45, 2.75) is 32.1 Å². The van der Waals surface area contributed by atoms with Crippen molar-refractivity contribution in [3.05, 3.63) is 47.0 Å². The molecule has 0 aliphatic carbocycles. The quantitative estimate of drug-likeness (QED) is 0.547. The highest BCUT2D eigenvalue weighted by Crippen LogP contribution is 2.32. The molecule has 1 heterocycles. The smallest absolute Gasteiger partial charge is 0.326 e. The van der Waals surface area contributed by atoms with Crippen LogP contribution in [0.4, 0.5) is 0 Å². The van der Waals surface area contributed by atoms with E-state index in [1.54, 1.807) is 6.07 Å². The number of aryl methyl sites for hydroxylation is 2. The Bertz CT molecular complexity index is 1030. The second-order valence-electron chi connectivity index (χ2n) is 7.05. The molecule has 29 heavy (non-hydrogen) atoms. The number of hydrogen-bond acceptors (Lipinski definition) is 6. The first-order chi connectivity index (χ1) is 13.7. The van der Waals surface area contributed by atoms with Crippen LogP contribution in [0.15, 0.2) is 35.2 Å². The van der Waals surface area contributed by atoms with Gasteiger partial charge in [-0.2, -0.15) is 4.31 Å². The van der Waals surface area contributed by atoms with Crippen molar-refractivity contribution in [3.8, 4) is 17.2 Å².